The zero-order valence-electron chi connectivity index (χ0n) is 13.2. The van der Waals surface area contributed by atoms with Crippen molar-refractivity contribution in [1.29, 1.82) is 0 Å². The quantitative estimate of drug-likeness (QED) is 0.901. The molecule has 20 heavy (non-hydrogen) atoms. The predicted molar refractivity (Wildman–Crippen MR) is 84.3 cm³/mol. The lowest BCUT2D eigenvalue weighted by molar-refractivity contribution is 0.551. The van der Waals surface area contributed by atoms with Gasteiger partial charge in [0.15, 0.2) is 0 Å². The van der Waals surface area contributed by atoms with Gasteiger partial charge in [-0.05, 0) is 50.4 Å². The molecular weight excluding hydrogens is 246 g/mol. The van der Waals surface area contributed by atoms with Gasteiger partial charge in [-0.15, -0.1) is 0 Å². The minimum atomic E-state index is 0.671. The topological polar surface area (TPSA) is 29.9 Å². The molecule has 1 heterocycles. The van der Waals surface area contributed by atoms with E-state index in [9.17, 15) is 0 Å². The van der Waals surface area contributed by atoms with E-state index in [1.807, 2.05) is 6.20 Å². The first-order chi connectivity index (χ1) is 9.49. The normalized spacial score (nSPS) is 11.3. The molecule has 0 aliphatic rings. The summed E-state index contributed by atoms with van der Waals surface area (Å²) in [4.78, 5) is 0. The van der Waals surface area contributed by atoms with Gasteiger partial charge in [-0.1, -0.05) is 26.0 Å². The average molecular weight is 271 g/mol. The fourth-order valence-electron chi connectivity index (χ4n) is 2.30. The molecule has 1 aromatic carbocycles. The van der Waals surface area contributed by atoms with Crippen molar-refractivity contribution in [3.05, 3.63) is 46.8 Å². The summed E-state index contributed by atoms with van der Waals surface area (Å²) < 4.78 is 2.05. The van der Waals surface area contributed by atoms with Crippen molar-refractivity contribution in [1.82, 2.24) is 15.1 Å². The summed E-state index contributed by atoms with van der Waals surface area (Å²) >= 11 is 0. The second-order valence-electron chi connectivity index (χ2n) is 5.98. The van der Waals surface area contributed by atoms with Gasteiger partial charge < -0.3 is 5.32 Å². The average Bonchev–Trinajstić information content (AvgIpc) is 2.74. The number of nitrogens with one attached hydrogen (secondary N) is 1. The van der Waals surface area contributed by atoms with Crippen LogP contribution in [0.1, 0.15) is 36.2 Å². The van der Waals surface area contributed by atoms with Crippen LogP contribution in [0.3, 0.4) is 0 Å². The Morgan fingerprint density at radius 3 is 2.65 bits per heavy atom. The molecule has 0 radical (unpaired) electrons. The van der Waals surface area contributed by atoms with Crippen LogP contribution in [0.2, 0.25) is 0 Å². The highest BCUT2D eigenvalue weighted by Gasteiger charge is 2.10. The standard InChI is InChI=1S/C17H25N3/c1-12(2)9-18-10-16-11-19-20(15(16)5)17-8-13(3)6-7-14(17)4/h6-8,11-12,18H,9-10H2,1-5H3. The lowest BCUT2D eigenvalue weighted by Gasteiger charge is -2.11. The van der Waals surface area contributed by atoms with Crippen molar-refractivity contribution >= 4 is 0 Å². The number of aromatic nitrogens is 2. The molecule has 0 saturated carbocycles. The first-order valence-corrected chi connectivity index (χ1v) is 7.31. The molecular formula is C17H25N3. The molecule has 1 N–H and O–H groups in total. The number of aryl methyl sites for hydroxylation is 2. The highest BCUT2D eigenvalue weighted by atomic mass is 15.3. The summed E-state index contributed by atoms with van der Waals surface area (Å²) in [6, 6.07) is 6.49. The number of hydrogen-bond donors (Lipinski definition) is 1. The molecule has 0 fully saturated rings. The van der Waals surface area contributed by atoms with E-state index in [1.165, 1.54) is 28.1 Å². The van der Waals surface area contributed by atoms with E-state index in [0.717, 1.165) is 13.1 Å². The summed E-state index contributed by atoms with van der Waals surface area (Å²) in [6.45, 7) is 12.8. The van der Waals surface area contributed by atoms with Gasteiger partial charge in [-0.2, -0.15) is 5.10 Å². The zero-order valence-corrected chi connectivity index (χ0v) is 13.2. The summed E-state index contributed by atoms with van der Waals surface area (Å²) in [7, 11) is 0. The zero-order chi connectivity index (χ0) is 14.7. The summed E-state index contributed by atoms with van der Waals surface area (Å²) in [6.07, 6.45) is 1.98. The van der Waals surface area contributed by atoms with E-state index >= 15 is 0 Å². The van der Waals surface area contributed by atoms with E-state index in [-0.39, 0.29) is 0 Å². The lowest BCUT2D eigenvalue weighted by atomic mass is 10.1. The van der Waals surface area contributed by atoms with E-state index in [4.69, 9.17) is 0 Å². The summed E-state index contributed by atoms with van der Waals surface area (Å²) in [5.74, 6) is 0.671. The van der Waals surface area contributed by atoms with Gasteiger partial charge >= 0.3 is 0 Å². The Labute approximate surface area is 122 Å². The molecule has 0 amide bonds. The highest BCUT2D eigenvalue weighted by molar-refractivity contribution is 5.44. The van der Waals surface area contributed by atoms with Crippen molar-refractivity contribution in [3.8, 4) is 5.69 Å². The van der Waals surface area contributed by atoms with Gasteiger partial charge in [0, 0.05) is 17.8 Å². The number of hydrogen-bond acceptors (Lipinski definition) is 2. The smallest absolute Gasteiger partial charge is 0.0680 e. The summed E-state index contributed by atoms with van der Waals surface area (Å²) in [5, 5.41) is 8.04. The van der Waals surface area contributed by atoms with Crippen LogP contribution in [0.4, 0.5) is 0 Å². The second kappa shape index (κ2) is 6.23. The van der Waals surface area contributed by atoms with Crippen LogP contribution >= 0.6 is 0 Å². The fraction of sp³-hybridized carbons (Fsp3) is 0.471. The van der Waals surface area contributed by atoms with E-state index in [0.29, 0.717) is 5.92 Å². The Hall–Kier alpha value is -1.61. The van der Waals surface area contributed by atoms with Gasteiger partial charge in [0.05, 0.1) is 11.9 Å². The maximum Gasteiger partial charge on any atom is 0.0680 e. The third-order valence-electron chi connectivity index (χ3n) is 3.57. The molecule has 0 aliphatic heterocycles. The fourth-order valence-corrected chi connectivity index (χ4v) is 2.30. The third-order valence-corrected chi connectivity index (χ3v) is 3.57. The Morgan fingerprint density at radius 2 is 1.95 bits per heavy atom. The monoisotopic (exact) mass is 271 g/mol. The van der Waals surface area contributed by atoms with Gasteiger partial charge in [0.25, 0.3) is 0 Å². The molecule has 0 aliphatic carbocycles. The van der Waals surface area contributed by atoms with Crippen LogP contribution in [0.25, 0.3) is 5.69 Å². The van der Waals surface area contributed by atoms with Crippen molar-refractivity contribution in [2.24, 2.45) is 5.92 Å². The molecule has 0 atom stereocenters. The Bertz CT molecular complexity index is 582. The molecule has 0 unspecified atom stereocenters. The van der Waals surface area contributed by atoms with Crippen LogP contribution < -0.4 is 5.32 Å². The van der Waals surface area contributed by atoms with Gasteiger partial charge in [0.1, 0.15) is 0 Å². The molecule has 0 bridgehead atoms. The van der Waals surface area contributed by atoms with Crippen molar-refractivity contribution < 1.29 is 0 Å². The molecule has 108 valence electrons. The molecule has 3 heteroatoms. The van der Waals surface area contributed by atoms with Crippen LogP contribution in [0.5, 0.6) is 0 Å². The van der Waals surface area contributed by atoms with E-state index in [1.54, 1.807) is 0 Å². The second-order valence-corrected chi connectivity index (χ2v) is 5.98. The highest BCUT2D eigenvalue weighted by Crippen LogP contribution is 2.19. The minimum Gasteiger partial charge on any atom is -0.312 e. The molecule has 3 nitrogen and oxygen atoms in total. The first kappa shape index (κ1) is 14.8. The van der Waals surface area contributed by atoms with Crippen molar-refractivity contribution in [3.63, 3.8) is 0 Å². The minimum absolute atomic E-state index is 0.671. The molecule has 2 rings (SSSR count). The van der Waals surface area contributed by atoms with Crippen LogP contribution in [-0.4, -0.2) is 16.3 Å². The van der Waals surface area contributed by atoms with Crippen LogP contribution in [0, 0.1) is 26.7 Å². The predicted octanol–water partition coefficient (Wildman–Crippen LogP) is 3.54. The maximum absolute atomic E-state index is 4.56. The van der Waals surface area contributed by atoms with Crippen molar-refractivity contribution in [2.45, 2.75) is 41.2 Å². The molecule has 2 aromatic rings. The lowest BCUT2D eigenvalue weighted by Crippen LogP contribution is -2.19. The SMILES string of the molecule is Cc1ccc(C)c(-n2ncc(CNCC(C)C)c2C)c1. The van der Waals surface area contributed by atoms with E-state index < -0.39 is 0 Å². The number of rotatable bonds is 5. The number of benzene rings is 1. The third kappa shape index (κ3) is 3.28. The molecule has 0 saturated heterocycles. The van der Waals surface area contributed by atoms with Crippen LogP contribution in [0.15, 0.2) is 24.4 Å². The van der Waals surface area contributed by atoms with Crippen molar-refractivity contribution in [2.75, 3.05) is 6.54 Å². The summed E-state index contributed by atoms with van der Waals surface area (Å²) in [5.41, 5.74) is 6.18. The Balaban J connectivity index is 2.22. The Kier molecular flexibility index (Phi) is 4.61. The van der Waals surface area contributed by atoms with Crippen LogP contribution in [-0.2, 0) is 6.54 Å². The number of nitrogens with zero attached hydrogens (tertiary/aromatic N) is 2. The molecule has 0 spiro atoms. The van der Waals surface area contributed by atoms with E-state index in [2.05, 4.69) is 67.9 Å². The Morgan fingerprint density at radius 1 is 1.20 bits per heavy atom. The van der Waals surface area contributed by atoms with Gasteiger partial charge in [0.2, 0.25) is 0 Å². The van der Waals surface area contributed by atoms with Gasteiger partial charge in [-0.25, -0.2) is 4.68 Å². The largest absolute Gasteiger partial charge is 0.312 e. The first-order valence-electron chi connectivity index (χ1n) is 7.31. The maximum atomic E-state index is 4.56. The molecule has 1 aromatic heterocycles. The van der Waals surface area contributed by atoms with Gasteiger partial charge in [-0.3, -0.25) is 0 Å².